The Kier molecular flexibility index (Phi) is 4.78. The Morgan fingerprint density at radius 1 is 1.35 bits per heavy atom. The minimum atomic E-state index is -0.274. The number of aromatic amines is 1. The van der Waals surface area contributed by atoms with Crippen LogP contribution in [-0.4, -0.2) is 28.9 Å². The number of pyridine rings is 1. The van der Waals surface area contributed by atoms with Crippen LogP contribution in [0.4, 0.5) is 0 Å². The fourth-order valence-corrected chi connectivity index (χ4v) is 3.91. The quantitative estimate of drug-likeness (QED) is 0.784. The lowest BCUT2D eigenvalue weighted by atomic mass is 10.0. The number of fused-ring (bicyclic) bond motifs is 1. The van der Waals surface area contributed by atoms with E-state index in [1.165, 1.54) is 6.20 Å². The van der Waals surface area contributed by atoms with Crippen molar-refractivity contribution in [3.63, 3.8) is 0 Å². The van der Waals surface area contributed by atoms with E-state index in [-0.39, 0.29) is 16.9 Å². The van der Waals surface area contributed by atoms with Crippen LogP contribution in [0.1, 0.15) is 36.5 Å². The molecule has 1 saturated heterocycles. The minimum absolute atomic E-state index is 0.182. The summed E-state index contributed by atoms with van der Waals surface area (Å²) in [6, 6.07) is 3.42. The Balaban J connectivity index is 2.01. The van der Waals surface area contributed by atoms with E-state index in [2.05, 4.69) is 27.8 Å². The lowest BCUT2D eigenvalue weighted by molar-refractivity contribution is 0.0759. The number of carbonyl (C=O) groups is 1. The van der Waals surface area contributed by atoms with Crippen molar-refractivity contribution in [2.24, 2.45) is 5.92 Å². The zero-order valence-electron chi connectivity index (χ0n) is 12.9. The number of carbonyl (C=O) groups excluding carboxylic acids is 1. The van der Waals surface area contributed by atoms with Crippen LogP contribution in [0.25, 0.3) is 10.9 Å². The van der Waals surface area contributed by atoms with E-state index in [1.807, 2.05) is 0 Å². The number of nitrogens with zero attached hydrogens (tertiary/aromatic N) is 1. The van der Waals surface area contributed by atoms with Gasteiger partial charge in [0.2, 0.25) is 5.43 Å². The van der Waals surface area contributed by atoms with Gasteiger partial charge in [-0.15, -0.1) is 0 Å². The van der Waals surface area contributed by atoms with Gasteiger partial charge in [0, 0.05) is 29.1 Å². The van der Waals surface area contributed by atoms with Crippen LogP contribution in [0.15, 0.2) is 27.6 Å². The second kappa shape index (κ2) is 6.65. The third-order valence-electron chi connectivity index (χ3n) is 4.44. The molecule has 6 heteroatoms. The van der Waals surface area contributed by atoms with Crippen molar-refractivity contribution in [1.29, 1.82) is 0 Å². The van der Waals surface area contributed by atoms with Gasteiger partial charge in [-0.1, -0.05) is 34.5 Å². The van der Waals surface area contributed by atoms with E-state index < -0.39 is 0 Å². The summed E-state index contributed by atoms with van der Waals surface area (Å²) >= 11 is 9.50. The van der Waals surface area contributed by atoms with E-state index in [4.69, 9.17) is 11.6 Å². The van der Waals surface area contributed by atoms with E-state index >= 15 is 0 Å². The Morgan fingerprint density at radius 3 is 2.91 bits per heavy atom. The topological polar surface area (TPSA) is 53.2 Å². The Bertz CT molecular complexity index is 818. The zero-order valence-corrected chi connectivity index (χ0v) is 15.2. The predicted octanol–water partition coefficient (Wildman–Crippen LogP) is 4.21. The van der Waals surface area contributed by atoms with Crippen LogP contribution >= 0.6 is 27.5 Å². The number of hydrogen-bond donors (Lipinski definition) is 1. The van der Waals surface area contributed by atoms with Crippen LogP contribution in [0, 0.1) is 5.92 Å². The van der Waals surface area contributed by atoms with Crippen LogP contribution in [0.5, 0.6) is 0 Å². The maximum atomic E-state index is 12.8. The second-order valence-electron chi connectivity index (χ2n) is 6.17. The molecule has 0 spiro atoms. The summed E-state index contributed by atoms with van der Waals surface area (Å²) in [7, 11) is 0. The van der Waals surface area contributed by atoms with Crippen molar-refractivity contribution in [1.82, 2.24) is 9.88 Å². The van der Waals surface area contributed by atoms with Gasteiger partial charge in [-0.3, -0.25) is 9.59 Å². The minimum Gasteiger partial charge on any atom is -0.359 e. The number of benzene rings is 1. The molecule has 23 heavy (non-hydrogen) atoms. The highest BCUT2D eigenvalue weighted by Gasteiger charge is 2.23. The first-order valence-electron chi connectivity index (χ1n) is 7.77. The van der Waals surface area contributed by atoms with Crippen LogP contribution in [0.3, 0.4) is 0 Å². The Morgan fingerprint density at radius 2 is 2.13 bits per heavy atom. The number of amides is 1. The van der Waals surface area contributed by atoms with E-state index in [0.717, 1.165) is 19.3 Å². The van der Waals surface area contributed by atoms with Crippen molar-refractivity contribution >= 4 is 44.3 Å². The third-order valence-corrected chi connectivity index (χ3v) is 5.20. The average molecular weight is 398 g/mol. The molecule has 122 valence electrons. The maximum absolute atomic E-state index is 12.8. The summed E-state index contributed by atoms with van der Waals surface area (Å²) in [6.07, 6.45) is 4.58. The molecule has 2 aromatic rings. The molecule has 3 rings (SSSR count). The first-order valence-corrected chi connectivity index (χ1v) is 8.94. The largest absolute Gasteiger partial charge is 0.359 e. The standard InChI is InChI=1S/C17H18BrClN2O2/c1-10-3-2-5-21(6-4-10)17(23)13-9-20-15-12(16(13)22)7-11(18)8-14(15)19/h7-10H,2-6H2,1H3,(H,20,22)/t10-/m0/s1. The fourth-order valence-electron chi connectivity index (χ4n) is 3.05. The van der Waals surface area contributed by atoms with E-state index in [9.17, 15) is 9.59 Å². The molecule has 1 amide bonds. The van der Waals surface area contributed by atoms with Crippen LogP contribution < -0.4 is 5.43 Å². The highest BCUT2D eigenvalue weighted by molar-refractivity contribution is 9.10. The molecule has 1 aromatic heterocycles. The number of H-pyrrole nitrogens is 1. The average Bonchev–Trinajstić information content (AvgIpc) is 2.72. The normalized spacial score (nSPS) is 18.9. The highest BCUT2D eigenvalue weighted by atomic mass is 79.9. The fraction of sp³-hybridized carbons (Fsp3) is 0.412. The summed E-state index contributed by atoms with van der Waals surface area (Å²) in [6.45, 7) is 3.62. The molecular weight excluding hydrogens is 380 g/mol. The molecule has 1 aromatic carbocycles. The number of rotatable bonds is 1. The summed E-state index contributed by atoms with van der Waals surface area (Å²) in [5.41, 5.74) is 0.464. The molecule has 1 aliphatic heterocycles. The number of nitrogens with one attached hydrogen (secondary N) is 1. The molecule has 0 saturated carbocycles. The van der Waals surface area contributed by atoms with Gasteiger partial charge >= 0.3 is 0 Å². The van der Waals surface area contributed by atoms with Crippen molar-refractivity contribution in [2.45, 2.75) is 26.2 Å². The Hall–Kier alpha value is -1.33. The molecule has 4 nitrogen and oxygen atoms in total. The lowest BCUT2D eigenvalue weighted by Gasteiger charge is -2.20. The van der Waals surface area contributed by atoms with Gasteiger partial charge in [0.25, 0.3) is 5.91 Å². The number of hydrogen-bond acceptors (Lipinski definition) is 2. The number of likely N-dealkylation sites (tertiary alicyclic amines) is 1. The molecule has 0 aliphatic carbocycles. The molecule has 0 radical (unpaired) electrons. The van der Waals surface area contributed by atoms with Crippen LogP contribution in [0.2, 0.25) is 5.02 Å². The molecule has 0 bridgehead atoms. The Labute approximate surface area is 148 Å². The predicted molar refractivity (Wildman–Crippen MR) is 96.2 cm³/mol. The SMILES string of the molecule is C[C@H]1CCCN(C(=O)c2c[nH]c3c(Cl)cc(Br)cc3c2=O)CC1. The summed E-state index contributed by atoms with van der Waals surface area (Å²) in [4.78, 5) is 30.3. The van der Waals surface area contributed by atoms with Gasteiger partial charge in [-0.2, -0.15) is 0 Å². The zero-order chi connectivity index (χ0) is 16.6. The van der Waals surface area contributed by atoms with E-state index in [0.29, 0.717) is 39.4 Å². The van der Waals surface area contributed by atoms with Crippen molar-refractivity contribution in [3.8, 4) is 0 Å². The molecule has 2 heterocycles. The van der Waals surface area contributed by atoms with Crippen molar-refractivity contribution in [2.75, 3.05) is 13.1 Å². The number of halogens is 2. The second-order valence-corrected chi connectivity index (χ2v) is 7.49. The molecule has 1 aliphatic rings. The van der Waals surface area contributed by atoms with Crippen molar-refractivity contribution in [3.05, 3.63) is 43.6 Å². The molecular formula is C17H18BrClN2O2. The molecule has 1 atom stereocenters. The van der Waals surface area contributed by atoms with Gasteiger partial charge in [0.05, 0.1) is 10.5 Å². The van der Waals surface area contributed by atoms with Gasteiger partial charge < -0.3 is 9.88 Å². The maximum Gasteiger partial charge on any atom is 0.259 e. The lowest BCUT2D eigenvalue weighted by Crippen LogP contribution is -2.35. The van der Waals surface area contributed by atoms with Gasteiger partial charge in [0.15, 0.2) is 0 Å². The third kappa shape index (κ3) is 3.31. The first kappa shape index (κ1) is 16.5. The smallest absolute Gasteiger partial charge is 0.259 e. The van der Waals surface area contributed by atoms with Crippen molar-refractivity contribution < 1.29 is 4.79 Å². The van der Waals surface area contributed by atoms with Crippen LogP contribution in [-0.2, 0) is 0 Å². The molecule has 1 fully saturated rings. The van der Waals surface area contributed by atoms with Gasteiger partial charge in [-0.05, 0) is 37.3 Å². The highest BCUT2D eigenvalue weighted by Crippen LogP contribution is 2.25. The molecule has 1 N–H and O–H groups in total. The number of aromatic nitrogens is 1. The van der Waals surface area contributed by atoms with E-state index in [1.54, 1.807) is 17.0 Å². The van der Waals surface area contributed by atoms with Gasteiger partial charge in [-0.25, -0.2) is 0 Å². The molecule has 0 unspecified atom stereocenters. The summed E-state index contributed by atoms with van der Waals surface area (Å²) < 4.78 is 0.716. The first-order chi connectivity index (χ1) is 11.0. The summed E-state index contributed by atoms with van der Waals surface area (Å²) in [5.74, 6) is 0.427. The summed E-state index contributed by atoms with van der Waals surface area (Å²) in [5, 5.41) is 0.882. The van der Waals surface area contributed by atoms with Gasteiger partial charge in [0.1, 0.15) is 5.56 Å². The monoisotopic (exact) mass is 396 g/mol.